The highest BCUT2D eigenvalue weighted by molar-refractivity contribution is 5.81. The van der Waals surface area contributed by atoms with E-state index in [4.69, 9.17) is 4.84 Å². The van der Waals surface area contributed by atoms with Crippen LogP contribution >= 0.6 is 0 Å². The third-order valence-electron chi connectivity index (χ3n) is 4.66. The molecule has 2 aromatic rings. The van der Waals surface area contributed by atoms with Crippen LogP contribution in [0.1, 0.15) is 60.3 Å². The van der Waals surface area contributed by atoms with Gasteiger partial charge in [-0.3, -0.25) is 0 Å². The van der Waals surface area contributed by atoms with Crippen molar-refractivity contribution in [2.45, 2.75) is 51.6 Å². The van der Waals surface area contributed by atoms with E-state index >= 15 is 0 Å². The molecule has 1 aliphatic carbocycles. The quantitative estimate of drug-likeness (QED) is 0.521. The predicted octanol–water partition coefficient (Wildman–Crippen LogP) is 5.59. The van der Waals surface area contributed by atoms with Gasteiger partial charge in [-0.25, -0.2) is 0 Å². The summed E-state index contributed by atoms with van der Waals surface area (Å²) in [6.45, 7) is 2.60. The molecule has 2 heteroatoms. The van der Waals surface area contributed by atoms with E-state index < -0.39 is 0 Å². The van der Waals surface area contributed by atoms with Gasteiger partial charge in [0.2, 0.25) is 0 Å². The Bertz CT molecular complexity index is 639. The molecule has 0 atom stereocenters. The Morgan fingerprint density at radius 3 is 2.52 bits per heavy atom. The normalized spacial score (nSPS) is 15.9. The van der Waals surface area contributed by atoms with Crippen LogP contribution in [0.3, 0.4) is 0 Å². The van der Waals surface area contributed by atoms with Crippen LogP contribution in [0.2, 0.25) is 0 Å². The molecule has 2 nitrogen and oxygen atoms in total. The predicted molar refractivity (Wildman–Crippen MR) is 95.8 cm³/mol. The van der Waals surface area contributed by atoms with Gasteiger partial charge in [0, 0.05) is 0 Å². The zero-order chi connectivity index (χ0) is 15.9. The first-order valence-electron chi connectivity index (χ1n) is 8.63. The van der Waals surface area contributed by atoms with E-state index in [9.17, 15) is 0 Å². The first kappa shape index (κ1) is 15.8. The van der Waals surface area contributed by atoms with E-state index in [1.807, 2.05) is 6.21 Å². The summed E-state index contributed by atoms with van der Waals surface area (Å²) < 4.78 is 0. The summed E-state index contributed by atoms with van der Waals surface area (Å²) in [5.74, 6) is 0.684. The van der Waals surface area contributed by atoms with Crippen molar-refractivity contribution < 1.29 is 4.84 Å². The summed E-state index contributed by atoms with van der Waals surface area (Å²) in [5.41, 5.74) is 5.03. The van der Waals surface area contributed by atoms with Crippen LogP contribution in [0.4, 0.5) is 0 Å². The largest absolute Gasteiger partial charge is 0.391 e. The maximum absolute atomic E-state index is 5.48. The zero-order valence-electron chi connectivity index (χ0n) is 13.9. The molecule has 0 radical (unpaired) electrons. The number of rotatable bonds is 5. The Kier molecular flexibility index (Phi) is 5.46. The van der Waals surface area contributed by atoms with Crippen molar-refractivity contribution in [1.29, 1.82) is 0 Å². The second-order valence-corrected chi connectivity index (χ2v) is 6.46. The molecule has 23 heavy (non-hydrogen) atoms. The molecule has 0 saturated heterocycles. The molecule has 120 valence electrons. The van der Waals surface area contributed by atoms with Gasteiger partial charge in [0.15, 0.2) is 0 Å². The highest BCUT2D eigenvalue weighted by Gasteiger charge is 2.17. The van der Waals surface area contributed by atoms with Crippen LogP contribution in [0.5, 0.6) is 0 Å². The minimum absolute atomic E-state index is 0.516. The minimum atomic E-state index is 0.516. The molecule has 0 amide bonds. The fourth-order valence-electron chi connectivity index (χ4n) is 3.30. The van der Waals surface area contributed by atoms with Crippen LogP contribution in [-0.2, 0) is 11.4 Å². The summed E-state index contributed by atoms with van der Waals surface area (Å²) in [4.78, 5) is 5.48. The monoisotopic (exact) mass is 307 g/mol. The summed E-state index contributed by atoms with van der Waals surface area (Å²) in [6, 6.07) is 17.0. The summed E-state index contributed by atoms with van der Waals surface area (Å²) in [6.07, 6.45) is 8.55. The second-order valence-electron chi connectivity index (χ2n) is 6.46. The Labute approximate surface area is 139 Å². The van der Waals surface area contributed by atoms with E-state index in [0.717, 1.165) is 5.56 Å². The van der Waals surface area contributed by atoms with Crippen molar-refractivity contribution in [3.8, 4) is 0 Å². The lowest BCUT2D eigenvalue weighted by atomic mass is 9.82. The summed E-state index contributed by atoms with van der Waals surface area (Å²) in [7, 11) is 0. The number of benzene rings is 2. The highest BCUT2D eigenvalue weighted by Crippen LogP contribution is 2.33. The van der Waals surface area contributed by atoms with E-state index in [1.165, 1.54) is 48.8 Å². The van der Waals surface area contributed by atoms with Crippen LogP contribution in [0.25, 0.3) is 0 Å². The molecule has 0 bridgehead atoms. The van der Waals surface area contributed by atoms with Gasteiger partial charge < -0.3 is 4.84 Å². The third kappa shape index (κ3) is 4.44. The molecule has 0 aromatic heterocycles. The van der Waals surface area contributed by atoms with Crippen molar-refractivity contribution in [1.82, 2.24) is 0 Å². The van der Waals surface area contributed by atoms with Crippen LogP contribution in [0, 0.1) is 6.92 Å². The molecule has 0 heterocycles. The smallest absolute Gasteiger partial charge is 0.142 e. The Morgan fingerprint density at radius 2 is 1.74 bits per heavy atom. The number of hydrogen-bond acceptors (Lipinski definition) is 2. The standard InChI is InChI=1S/C21H25NO/c1-17-11-13-18(14-12-17)16-23-22-15-20-9-5-6-10-21(20)19-7-3-2-4-8-19/h5-6,9-15,19H,2-4,7-8,16H2,1H3. The van der Waals surface area contributed by atoms with Gasteiger partial charge in [-0.15, -0.1) is 0 Å². The van der Waals surface area contributed by atoms with Gasteiger partial charge in [0.1, 0.15) is 6.61 Å². The highest BCUT2D eigenvalue weighted by atomic mass is 16.6. The lowest BCUT2D eigenvalue weighted by Crippen LogP contribution is -2.07. The molecule has 1 aliphatic rings. The molecule has 0 aliphatic heterocycles. The zero-order valence-corrected chi connectivity index (χ0v) is 13.9. The molecule has 0 spiro atoms. The number of nitrogens with zero attached hydrogens (tertiary/aromatic N) is 1. The molecule has 1 fully saturated rings. The van der Waals surface area contributed by atoms with Gasteiger partial charge in [-0.2, -0.15) is 0 Å². The lowest BCUT2D eigenvalue weighted by molar-refractivity contribution is 0.132. The van der Waals surface area contributed by atoms with Gasteiger partial charge in [-0.05, 0) is 42.4 Å². The molecule has 0 N–H and O–H groups in total. The third-order valence-corrected chi connectivity index (χ3v) is 4.66. The Morgan fingerprint density at radius 1 is 1.00 bits per heavy atom. The Hall–Kier alpha value is -2.09. The second kappa shape index (κ2) is 7.96. The van der Waals surface area contributed by atoms with Gasteiger partial charge >= 0.3 is 0 Å². The van der Waals surface area contributed by atoms with Gasteiger partial charge in [0.05, 0.1) is 6.21 Å². The average Bonchev–Trinajstić information content (AvgIpc) is 2.61. The molecule has 3 rings (SSSR count). The van der Waals surface area contributed by atoms with Crippen molar-refractivity contribution in [3.63, 3.8) is 0 Å². The van der Waals surface area contributed by atoms with Crippen molar-refractivity contribution in [2.75, 3.05) is 0 Å². The number of oxime groups is 1. The average molecular weight is 307 g/mol. The molecule has 1 saturated carbocycles. The van der Waals surface area contributed by atoms with Gasteiger partial charge in [0.25, 0.3) is 0 Å². The van der Waals surface area contributed by atoms with E-state index in [2.05, 4.69) is 60.6 Å². The minimum Gasteiger partial charge on any atom is -0.391 e. The van der Waals surface area contributed by atoms with Crippen LogP contribution in [0.15, 0.2) is 53.7 Å². The molecular weight excluding hydrogens is 282 g/mol. The molecular formula is C21H25NO. The SMILES string of the molecule is Cc1ccc(CON=Cc2ccccc2C2CCCCC2)cc1. The van der Waals surface area contributed by atoms with Crippen LogP contribution in [-0.4, -0.2) is 6.21 Å². The van der Waals surface area contributed by atoms with E-state index in [0.29, 0.717) is 12.5 Å². The summed E-state index contributed by atoms with van der Waals surface area (Å²) in [5, 5.41) is 4.19. The molecule has 0 unspecified atom stereocenters. The fourth-order valence-corrected chi connectivity index (χ4v) is 3.30. The topological polar surface area (TPSA) is 21.6 Å². The number of aryl methyl sites for hydroxylation is 1. The fraction of sp³-hybridized carbons (Fsp3) is 0.381. The lowest BCUT2D eigenvalue weighted by Gasteiger charge is -2.23. The van der Waals surface area contributed by atoms with Gasteiger partial charge in [-0.1, -0.05) is 78.5 Å². The Balaban J connectivity index is 1.61. The molecule has 2 aromatic carbocycles. The first-order chi connectivity index (χ1) is 11.3. The van der Waals surface area contributed by atoms with Crippen molar-refractivity contribution >= 4 is 6.21 Å². The number of hydrogen-bond donors (Lipinski definition) is 0. The first-order valence-corrected chi connectivity index (χ1v) is 8.63. The van der Waals surface area contributed by atoms with Crippen LogP contribution < -0.4 is 0 Å². The maximum Gasteiger partial charge on any atom is 0.142 e. The van der Waals surface area contributed by atoms with E-state index in [1.54, 1.807) is 0 Å². The van der Waals surface area contributed by atoms with Crippen molar-refractivity contribution in [2.24, 2.45) is 5.16 Å². The van der Waals surface area contributed by atoms with E-state index in [-0.39, 0.29) is 0 Å². The summed E-state index contributed by atoms with van der Waals surface area (Å²) >= 11 is 0. The van der Waals surface area contributed by atoms with Crippen molar-refractivity contribution in [3.05, 3.63) is 70.8 Å². The maximum atomic E-state index is 5.48.